The molecule has 0 fully saturated rings. The van der Waals surface area contributed by atoms with Crippen LogP contribution in [0.3, 0.4) is 0 Å². The zero-order valence-electron chi connectivity index (χ0n) is 15.3. The van der Waals surface area contributed by atoms with E-state index in [-0.39, 0.29) is 11.7 Å². The number of halogens is 1. The number of hydrogen-bond donors (Lipinski definition) is 0. The van der Waals surface area contributed by atoms with E-state index in [1.165, 1.54) is 0 Å². The highest BCUT2D eigenvalue weighted by atomic mass is 35.5. The van der Waals surface area contributed by atoms with E-state index in [9.17, 15) is 4.79 Å². The highest BCUT2D eigenvalue weighted by Gasteiger charge is 2.31. The van der Waals surface area contributed by atoms with E-state index in [2.05, 4.69) is 22.3 Å². The molecule has 0 amide bonds. The maximum atomic E-state index is 12.8. The van der Waals surface area contributed by atoms with Crippen LogP contribution in [0.4, 0.5) is 0 Å². The first kappa shape index (κ1) is 17.1. The molecule has 0 bridgehead atoms. The van der Waals surface area contributed by atoms with Crippen LogP contribution >= 0.6 is 11.6 Å². The van der Waals surface area contributed by atoms with Crippen molar-refractivity contribution in [3.8, 4) is 11.1 Å². The molecule has 6 heteroatoms. The van der Waals surface area contributed by atoms with Crippen LogP contribution in [0.1, 0.15) is 39.8 Å². The number of carbonyl (C=O) groups excluding carboxylic acids is 1. The second-order valence-corrected chi connectivity index (χ2v) is 7.58. The van der Waals surface area contributed by atoms with E-state index in [4.69, 9.17) is 16.7 Å². The number of carbonyl (C=O) groups is 1. The van der Waals surface area contributed by atoms with Gasteiger partial charge in [0.1, 0.15) is 0 Å². The third kappa shape index (κ3) is 2.70. The Morgan fingerprint density at radius 1 is 1.04 bits per heavy atom. The third-order valence-corrected chi connectivity index (χ3v) is 5.56. The number of fused-ring (bicyclic) bond motifs is 3. The zero-order valence-corrected chi connectivity index (χ0v) is 16.0. The minimum absolute atomic E-state index is 0.0157. The SMILES string of the molecule is Cc1nn2c3c(nnc2c1-c1cccc(Cl)c1)C(=O)C[C@H](c1ccccc1)C3. The molecule has 0 aliphatic heterocycles. The first-order chi connectivity index (χ1) is 13.6. The summed E-state index contributed by atoms with van der Waals surface area (Å²) in [7, 11) is 0. The highest BCUT2D eigenvalue weighted by molar-refractivity contribution is 6.30. The van der Waals surface area contributed by atoms with E-state index in [0.717, 1.165) is 28.1 Å². The van der Waals surface area contributed by atoms with Crippen molar-refractivity contribution in [1.29, 1.82) is 0 Å². The Bertz CT molecular complexity index is 1220. The minimum Gasteiger partial charge on any atom is -0.292 e. The Morgan fingerprint density at radius 2 is 1.86 bits per heavy atom. The molecule has 0 N–H and O–H groups in total. The summed E-state index contributed by atoms with van der Waals surface area (Å²) in [5.74, 6) is 0.134. The molecule has 4 aromatic rings. The van der Waals surface area contributed by atoms with Gasteiger partial charge in [0.25, 0.3) is 0 Å². The summed E-state index contributed by atoms with van der Waals surface area (Å²) in [5.41, 5.74) is 5.74. The number of rotatable bonds is 2. The first-order valence-corrected chi connectivity index (χ1v) is 9.58. The Hall–Kier alpha value is -3.05. The number of hydrogen-bond acceptors (Lipinski definition) is 4. The molecule has 0 spiro atoms. The Kier molecular flexibility index (Phi) is 3.98. The lowest BCUT2D eigenvalue weighted by atomic mass is 9.83. The van der Waals surface area contributed by atoms with Crippen molar-refractivity contribution in [3.05, 3.63) is 82.3 Å². The fraction of sp³-hybridized carbons (Fsp3) is 0.182. The number of benzene rings is 2. The molecule has 1 aliphatic carbocycles. The van der Waals surface area contributed by atoms with Gasteiger partial charge in [-0.15, -0.1) is 10.2 Å². The molecule has 0 saturated heterocycles. The molecule has 0 radical (unpaired) electrons. The van der Waals surface area contributed by atoms with Crippen molar-refractivity contribution in [2.75, 3.05) is 0 Å². The van der Waals surface area contributed by atoms with Gasteiger partial charge < -0.3 is 0 Å². The molecule has 0 saturated carbocycles. The molecule has 1 aliphatic rings. The topological polar surface area (TPSA) is 60.1 Å². The van der Waals surface area contributed by atoms with Gasteiger partial charge in [-0.25, -0.2) is 4.52 Å². The molecule has 28 heavy (non-hydrogen) atoms. The number of ketones is 1. The van der Waals surface area contributed by atoms with E-state index < -0.39 is 0 Å². The lowest BCUT2D eigenvalue weighted by Gasteiger charge is -2.23. The number of aryl methyl sites for hydroxylation is 1. The first-order valence-electron chi connectivity index (χ1n) is 9.21. The average molecular weight is 389 g/mol. The largest absolute Gasteiger partial charge is 0.292 e. The summed E-state index contributed by atoms with van der Waals surface area (Å²) in [4.78, 5) is 12.8. The van der Waals surface area contributed by atoms with Crippen LogP contribution in [0, 0.1) is 6.92 Å². The Balaban J connectivity index is 1.68. The molecule has 138 valence electrons. The van der Waals surface area contributed by atoms with Crippen LogP contribution < -0.4 is 0 Å². The summed E-state index contributed by atoms with van der Waals surface area (Å²) < 4.78 is 1.79. The third-order valence-electron chi connectivity index (χ3n) is 5.33. The van der Waals surface area contributed by atoms with Crippen LogP contribution in [-0.4, -0.2) is 25.6 Å². The van der Waals surface area contributed by atoms with Crippen LogP contribution in [-0.2, 0) is 6.42 Å². The summed E-state index contributed by atoms with van der Waals surface area (Å²) in [6.07, 6.45) is 1.14. The van der Waals surface area contributed by atoms with Gasteiger partial charge in [0.05, 0.1) is 17.0 Å². The van der Waals surface area contributed by atoms with Gasteiger partial charge in [0, 0.05) is 11.4 Å². The molecule has 5 rings (SSSR count). The number of Topliss-reactive ketones (excluding diaryl/α,β-unsaturated/α-hetero) is 1. The quantitative estimate of drug-likeness (QED) is 0.500. The lowest BCUT2D eigenvalue weighted by molar-refractivity contribution is 0.0955. The highest BCUT2D eigenvalue weighted by Crippen LogP contribution is 2.34. The molecule has 5 nitrogen and oxygen atoms in total. The van der Waals surface area contributed by atoms with E-state index >= 15 is 0 Å². The summed E-state index contributed by atoms with van der Waals surface area (Å²) >= 11 is 6.18. The normalized spacial score (nSPS) is 16.4. The molecule has 0 unspecified atom stereocenters. The van der Waals surface area contributed by atoms with E-state index in [0.29, 0.717) is 29.2 Å². The molecule has 2 aromatic carbocycles. The van der Waals surface area contributed by atoms with Crippen LogP contribution in [0.2, 0.25) is 5.02 Å². The Morgan fingerprint density at radius 3 is 2.64 bits per heavy atom. The van der Waals surface area contributed by atoms with E-state index in [1.54, 1.807) is 4.52 Å². The van der Waals surface area contributed by atoms with Crippen molar-refractivity contribution in [3.63, 3.8) is 0 Å². The van der Waals surface area contributed by atoms with Crippen LogP contribution in [0.15, 0.2) is 54.6 Å². The van der Waals surface area contributed by atoms with Gasteiger partial charge in [-0.3, -0.25) is 4.79 Å². The maximum absolute atomic E-state index is 12.8. The fourth-order valence-corrected chi connectivity index (χ4v) is 4.21. The minimum atomic E-state index is 0.0157. The van der Waals surface area contributed by atoms with Gasteiger partial charge in [0.2, 0.25) is 0 Å². The fourth-order valence-electron chi connectivity index (χ4n) is 4.02. The lowest BCUT2D eigenvalue weighted by Crippen LogP contribution is -2.24. The molecule has 2 heterocycles. The van der Waals surface area contributed by atoms with Crippen molar-refractivity contribution >= 4 is 23.0 Å². The molecular formula is C22H17ClN4O. The second kappa shape index (κ2) is 6.53. The van der Waals surface area contributed by atoms with Crippen molar-refractivity contribution in [2.45, 2.75) is 25.7 Å². The molecule has 2 aromatic heterocycles. The smallest absolute Gasteiger partial charge is 0.185 e. The zero-order chi connectivity index (χ0) is 19.3. The summed E-state index contributed by atoms with van der Waals surface area (Å²) in [6.45, 7) is 1.94. The average Bonchev–Trinajstić information content (AvgIpc) is 3.05. The standard InChI is InChI=1S/C22H17ClN4O/c1-13-20(15-8-5-9-17(23)10-15)22-25-24-21-18(27(22)26-13)11-16(12-19(21)28)14-6-3-2-4-7-14/h2-10,16H,11-12H2,1H3/t16-/m1/s1. The van der Waals surface area contributed by atoms with Gasteiger partial charge in [0.15, 0.2) is 17.1 Å². The summed E-state index contributed by atoms with van der Waals surface area (Å²) in [6, 6.07) is 17.8. The summed E-state index contributed by atoms with van der Waals surface area (Å²) in [5, 5.41) is 14.0. The van der Waals surface area contributed by atoms with Gasteiger partial charge in [-0.1, -0.05) is 54.1 Å². The Labute approximate surface area is 167 Å². The maximum Gasteiger partial charge on any atom is 0.185 e. The van der Waals surface area contributed by atoms with Crippen LogP contribution in [0.25, 0.3) is 16.8 Å². The predicted molar refractivity (Wildman–Crippen MR) is 108 cm³/mol. The van der Waals surface area contributed by atoms with Crippen LogP contribution in [0.5, 0.6) is 0 Å². The molecule has 1 atom stereocenters. The monoisotopic (exact) mass is 388 g/mol. The predicted octanol–water partition coefficient (Wildman–Crippen LogP) is 4.67. The van der Waals surface area contributed by atoms with Gasteiger partial charge >= 0.3 is 0 Å². The van der Waals surface area contributed by atoms with Crippen molar-refractivity contribution in [2.24, 2.45) is 0 Å². The second-order valence-electron chi connectivity index (χ2n) is 7.14. The van der Waals surface area contributed by atoms with Crippen molar-refractivity contribution in [1.82, 2.24) is 19.8 Å². The van der Waals surface area contributed by atoms with Crippen molar-refractivity contribution < 1.29 is 4.79 Å². The van der Waals surface area contributed by atoms with E-state index in [1.807, 2.05) is 49.4 Å². The number of nitrogens with zero attached hydrogens (tertiary/aromatic N) is 4. The number of aromatic nitrogens is 4. The molecular weight excluding hydrogens is 372 g/mol. The van der Waals surface area contributed by atoms with Gasteiger partial charge in [-0.05, 0) is 42.5 Å². The van der Waals surface area contributed by atoms with Gasteiger partial charge in [-0.2, -0.15) is 5.10 Å².